The number of imidazole rings is 1. The van der Waals surface area contributed by atoms with Crippen molar-refractivity contribution in [2.24, 2.45) is 0 Å². The first-order valence-corrected chi connectivity index (χ1v) is 8.53. The first-order valence-electron chi connectivity index (χ1n) is 8.53. The maximum atomic E-state index is 12.4. The highest BCUT2D eigenvalue weighted by atomic mass is 16.5. The molecule has 0 aliphatic carbocycles. The highest BCUT2D eigenvalue weighted by Crippen LogP contribution is 2.29. The Bertz CT molecular complexity index is 716. The van der Waals surface area contributed by atoms with Crippen LogP contribution in [0.4, 0.5) is 0 Å². The average molecular weight is 326 g/mol. The molecule has 0 N–H and O–H groups in total. The maximum absolute atomic E-state index is 12.4. The number of aromatic nitrogens is 3. The van der Waals surface area contributed by atoms with Crippen LogP contribution in [0.3, 0.4) is 0 Å². The zero-order valence-electron chi connectivity index (χ0n) is 13.9. The number of amides is 1. The van der Waals surface area contributed by atoms with Crippen LogP contribution in [0.25, 0.3) is 0 Å². The number of hydrogen-bond acceptors (Lipinski definition) is 4. The Balaban J connectivity index is 1.44. The molecule has 2 aromatic rings. The van der Waals surface area contributed by atoms with Crippen molar-refractivity contribution in [3.05, 3.63) is 47.8 Å². The Morgan fingerprint density at radius 3 is 2.96 bits per heavy atom. The van der Waals surface area contributed by atoms with Gasteiger partial charge >= 0.3 is 0 Å². The summed E-state index contributed by atoms with van der Waals surface area (Å²) in [5, 5.41) is 0. The van der Waals surface area contributed by atoms with Crippen LogP contribution < -0.4 is 0 Å². The van der Waals surface area contributed by atoms with Gasteiger partial charge in [0.1, 0.15) is 11.9 Å². The van der Waals surface area contributed by atoms with E-state index in [1.807, 2.05) is 23.4 Å². The van der Waals surface area contributed by atoms with E-state index in [1.54, 1.807) is 6.20 Å². The monoisotopic (exact) mass is 326 g/mol. The van der Waals surface area contributed by atoms with Crippen LogP contribution in [0.15, 0.2) is 30.7 Å². The lowest BCUT2D eigenvalue weighted by molar-refractivity contribution is -0.145. The van der Waals surface area contributed by atoms with Crippen LogP contribution in [0, 0.1) is 6.92 Å². The number of likely N-dealkylation sites (tertiary alicyclic amines) is 1. The van der Waals surface area contributed by atoms with Crippen LogP contribution in [-0.2, 0) is 16.1 Å². The summed E-state index contributed by atoms with van der Waals surface area (Å²) in [6.07, 6.45) is 7.21. The van der Waals surface area contributed by atoms with Crippen molar-refractivity contribution in [3.63, 3.8) is 0 Å². The topological polar surface area (TPSA) is 60.3 Å². The van der Waals surface area contributed by atoms with Crippen LogP contribution in [0.2, 0.25) is 0 Å². The largest absolute Gasteiger partial charge is 0.368 e. The predicted molar refractivity (Wildman–Crippen MR) is 88.6 cm³/mol. The summed E-state index contributed by atoms with van der Waals surface area (Å²) in [7, 11) is 0. The summed E-state index contributed by atoms with van der Waals surface area (Å²) < 4.78 is 7.73. The fourth-order valence-electron chi connectivity index (χ4n) is 3.48. The Morgan fingerprint density at radius 2 is 2.25 bits per heavy atom. The molecule has 4 rings (SSSR count). The van der Waals surface area contributed by atoms with Crippen LogP contribution in [0.5, 0.6) is 0 Å². The quantitative estimate of drug-likeness (QED) is 0.859. The minimum absolute atomic E-state index is 0.144. The Morgan fingerprint density at radius 1 is 1.38 bits per heavy atom. The zero-order valence-corrected chi connectivity index (χ0v) is 13.9. The smallest absolute Gasteiger partial charge is 0.251 e. The summed E-state index contributed by atoms with van der Waals surface area (Å²) in [5.41, 5.74) is 2.30. The second-order valence-electron chi connectivity index (χ2n) is 6.65. The SMILES string of the molecule is Cc1cnc(C2CN(C(=O)[C@@H]3CCCO3)C2)n1Cc1cccnc1. The van der Waals surface area contributed by atoms with Gasteiger partial charge in [-0.25, -0.2) is 4.98 Å². The minimum atomic E-state index is -0.220. The van der Waals surface area contributed by atoms with Gasteiger partial charge < -0.3 is 14.2 Å². The van der Waals surface area contributed by atoms with E-state index in [-0.39, 0.29) is 12.0 Å². The van der Waals surface area contributed by atoms with E-state index < -0.39 is 0 Å². The van der Waals surface area contributed by atoms with Gasteiger partial charge in [0.2, 0.25) is 0 Å². The van der Waals surface area contributed by atoms with Crippen molar-refractivity contribution in [1.29, 1.82) is 0 Å². The number of hydrogen-bond donors (Lipinski definition) is 0. The van der Waals surface area contributed by atoms with Gasteiger partial charge in [-0.2, -0.15) is 0 Å². The number of ether oxygens (including phenoxy) is 1. The summed E-state index contributed by atoms with van der Waals surface area (Å²) in [5.74, 6) is 1.51. The lowest BCUT2D eigenvalue weighted by atomic mass is 9.97. The standard InChI is InChI=1S/C18H22N4O2/c1-13-8-20-17(22(13)10-14-4-2-6-19-9-14)15-11-21(12-15)18(23)16-5-3-7-24-16/h2,4,6,8-9,15-16H,3,5,7,10-12H2,1H3/t16-/m0/s1. The normalized spacial score (nSPS) is 21.0. The number of carbonyl (C=O) groups is 1. The molecule has 0 saturated carbocycles. The first-order chi connectivity index (χ1) is 11.7. The van der Waals surface area contributed by atoms with Gasteiger partial charge in [-0.3, -0.25) is 9.78 Å². The van der Waals surface area contributed by atoms with Crippen LogP contribution in [0.1, 0.15) is 35.8 Å². The molecule has 0 spiro atoms. The van der Waals surface area contributed by atoms with Crippen LogP contribution >= 0.6 is 0 Å². The molecule has 0 radical (unpaired) electrons. The van der Waals surface area contributed by atoms with E-state index in [2.05, 4.69) is 27.5 Å². The molecule has 6 nitrogen and oxygen atoms in total. The minimum Gasteiger partial charge on any atom is -0.368 e. The third-order valence-electron chi connectivity index (χ3n) is 4.91. The second kappa shape index (κ2) is 6.36. The second-order valence-corrected chi connectivity index (χ2v) is 6.65. The molecule has 24 heavy (non-hydrogen) atoms. The van der Waals surface area contributed by atoms with Crippen molar-refractivity contribution < 1.29 is 9.53 Å². The Kier molecular flexibility index (Phi) is 4.06. The van der Waals surface area contributed by atoms with E-state index in [0.717, 1.165) is 49.6 Å². The molecule has 4 heterocycles. The van der Waals surface area contributed by atoms with Crippen molar-refractivity contribution in [2.45, 2.75) is 38.3 Å². The molecule has 1 atom stereocenters. The molecule has 2 aliphatic heterocycles. The third kappa shape index (κ3) is 2.82. The molecule has 0 bridgehead atoms. The molecule has 0 unspecified atom stereocenters. The van der Waals surface area contributed by atoms with Crippen molar-refractivity contribution >= 4 is 5.91 Å². The van der Waals surface area contributed by atoms with E-state index >= 15 is 0 Å². The Hall–Kier alpha value is -2.21. The lowest BCUT2D eigenvalue weighted by Gasteiger charge is -2.40. The molecule has 2 aromatic heterocycles. The van der Waals surface area contributed by atoms with E-state index in [0.29, 0.717) is 12.5 Å². The number of aryl methyl sites for hydroxylation is 1. The molecule has 2 saturated heterocycles. The van der Waals surface area contributed by atoms with Gasteiger partial charge in [0.25, 0.3) is 5.91 Å². The lowest BCUT2D eigenvalue weighted by Crippen LogP contribution is -2.52. The summed E-state index contributed by atoms with van der Waals surface area (Å²) in [4.78, 5) is 23.0. The van der Waals surface area contributed by atoms with Gasteiger partial charge in [0.05, 0.1) is 12.5 Å². The number of nitrogens with zero attached hydrogens (tertiary/aromatic N) is 4. The average Bonchev–Trinajstić information content (AvgIpc) is 3.20. The molecule has 126 valence electrons. The van der Waals surface area contributed by atoms with Gasteiger partial charge in [-0.1, -0.05) is 6.07 Å². The summed E-state index contributed by atoms with van der Waals surface area (Å²) in [6.45, 7) is 5.03. The number of carbonyl (C=O) groups excluding carboxylic acids is 1. The third-order valence-corrected chi connectivity index (χ3v) is 4.91. The van der Waals surface area contributed by atoms with Crippen LogP contribution in [-0.4, -0.2) is 51.1 Å². The van der Waals surface area contributed by atoms with E-state index in [4.69, 9.17) is 4.74 Å². The molecule has 1 amide bonds. The maximum Gasteiger partial charge on any atom is 0.251 e. The van der Waals surface area contributed by atoms with Crippen molar-refractivity contribution in [2.75, 3.05) is 19.7 Å². The number of rotatable bonds is 4. The fraction of sp³-hybridized carbons (Fsp3) is 0.500. The first kappa shape index (κ1) is 15.3. The number of pyridine rings is 1. The Labute approximate surface area is 141 Å². The molecule has 0 aromatic carbocycles. The van der Waals surface area contributed by atoms with Crippen molar-refractivity contribution in [3.8, 4) is 0 Å². The molecule has 2 fully saturated rings. The van der Waals surface area contributed by atoms with Gasteiger partial charge in [0, 0.05) is 44.0 Å². The van der Waals surface area contributed by atoms with Gasteiger partial charge in [0.15, 0.2) is 0 Å². The van der Waals surface area contributed by atoms with Crippen molar-refractivity contribution in [1.82, 2.24) is 19.4 Å². The molecule has 2 aliphatic rings. The van der Waals surface area contributed by atoms with E-state index in [9.17, 15) is 4.79 Å². The fourth-order valence-corrected chi connectivity index (χ4v) is 3.48. The van der Waals surface area contributed by atoms with Gasteiger partial charge in [-0.15, -0.1) is 0 Å². The summed E-state index contributed by atoms with van der Waals surface area (Å²) in [6, 6.07) is 4.02. The predicted octanol–water partition coefficient (Wildman–Crippen LogP) is 1.74. The zero-order chi connectivity index (χ0) is 16.5. The highest BCUT2D eigenvalue weighted by molar-refractivity contribution is 5.82. The van der Waals surface area contributed by atoms with E-state index in [1.165, 1.54) is 0 Å². The molecule has 6 heteroatoms. The highest BCUT2D eigenvalue weighted by Gasteiger charge is 2.38. The molecular formula is C18H22N4O2. The van der Waals surface area contributed by atoms with Gasteiger partial charge in [-0.05, 0) is 31.4 Å². The summed E-state index contributed by atoms with van der Waals surface area (Å²) >= 11 is 0. The molecular weight excluding hydrogens is 304 g/mol.